The zero-order valence-corrected chi connectivity index (χ0v) is 14.0. The normalized spacial score (nSPS) is 29.0. The number of likely N-dealkylation sites (tertiary alicyclic amines) is 1. The second kappa shape index (κ2) is 6.42. The average Bonchev–Trinajstić information content (AvgIpc) is 3.11. The minimum absolute atomic E-state index is 0.114. The molecule has 2 fully saturated rings. The number of rotatable bonds is 4. The molecule has 2 heterocycles. The van der Waals surface area contributed by atoms with Crippen LogP contribution < -0.4 is 5.32 Å². The second-order valence-electron chi connectivity index (χ2n) is 6.80. The first-order valence-electron chi connectivity index (χ1n) is 8.33. The minimum atomic E-state index is -4.49. The Kier molecular flexibility index (Phi) is 4.59. The van der Waals surface area contributed by atoms with E-state index in [1.54, 1.807) is 6.92 Å². The van der Waals surface area contributed by atoms with Gasteiger partial charge in [-0.1, -0.05) is 13.8 Å². The molecule has 0 bridgehead atoms. The first-order chi connectivity index (χ1) is 11.7. The predicted octanol–water partition coefficient (Wildman–Crippen LogP) is 2.64. The highest BCUT2D eigenvalue weighted by Gasteiger charge is 2.53. The Morgan fingerprint density at radius 3 is 2.60 bits per heavy atom. The van der Waals surface area contributed by atoms with Gasteiger partial charge in [0.1, 0.15) is 6.33 Å². The molecule has 9 heteroatoms. The molecule has 0 unspecified atom stereocenters. The number of carbonyl (C=O) groups is 1. The van der Waals surface area contributed by atoms with Crippen LogP contribution in [-0.2, 0) is 11.2 Å². The predicted molar refractivity (Wildman–Crippen MR) is 82.2 cm³/mol. The molecular weight excluding hydrogens is 340 g/mol. The van der Waals surface area contributed by atoms with E-state index in [9.17, 15) is 22.4 Å². The van der Waals surface area contributed by atoms with Gasteiger partial charge in [-0.15, -0.1) is 0 Å². The van der Waals surface area contributed by atoms with Crippen molar-refractivity contribution in [1.29, 1.82) is 0 Å². The van der Waals surface area contributed by atoms with Gasteiger partial charge in [-0.05, 0) is 18.8 Å². The smallest absolute Gasteiger partial charge is 0.362 e. The molecule has 1 amide bonds. The van der Waals surface area contributed by atoms with Gasteiger partial charge in [0.2, 0.25) is 5.91 Å². The van der Waals surface area contributed by atoms with Crippen LogP contribution in [0, 0.1) is 23.6 Å². The van der Waals surface area contributed by atoms with E-state index in [-0.39, 0.29) is 35.8 Å². The van der Waals surface area contributed by atoms with Crippen molar-refractivity contribution in [2.24, 2.45) is 17.8 Å². The third-order valence-electron chi connectivity index (χ3n) is 5.00. The average molecular weight is 360 g/mol. The number of aromatic nitrogens is 2. The molecule has 1 aromatic heterocycles. The summed E-state index contributed by atoms with van der Waals surface area (Å²) in [5.74, 6) is -2.97. The number of hydrogen-bond acceptors (Lipinski definition) is 4. The maximum Gasteiger partial charge on any atom is 0.395 e. The van der Waals surface area contributed by atoms with Crippen molar-refractivity contribution in [2.75, 3.05) is 18.4 Å². The van der Waals surface area contributed by atoms with E-state index in [0.717, 1.165) is 6.33 Å². The number of halogens is 4. The summed E-state index contributed by atoms with van der Waals surface area (Å²) in [4.78, 5) is 21.0. The molecule has 4 atom stereocenters. The van der Waals surface area contributed by atoms with E-state index in [2.05, 4.69) is 15.3 Å². The first kappa shape index (κ1) is 17.9. The minimum Gasteiger partial charge on any atom is -0.362 e. The lowest BCUT2D eigenvalue weighted by atomic mass is 10.0. The van der Waals surface area contributed by atoms with Gasteiger partial charge in [0, 0.05) is 19.0 Å². The van der Waals surface area contributed by atoms with Gasteiger partial charge in [-0.25, -0.2) is 14.4 Å². The first-order valence-corrected chi connectivity index (χ1v) is 8.33. The maximum absolute atomic E-state index is 14.2. The summed E-state index contributed by atoms with van der Waals surface area (Å²) in [5.41, 5.74) is 0.138. The van der Waals surface area contributed by atoms with Gasteiger partial charge in [-0.2, -0.15) is 13.2 Å². The van der Waals surface area contributed by atoms with Crippen molar-refractivity contribution in [3.05, 3.63) is 17.8 Å². The van der Waals surface area contributed by atoms with Crippen molar-refractivity contribution in [3.8, 4) is 0 Å². The van der Waals surface area contributed by atoms with E-state index in [4.69, 9.17) is 0 Å². The summed E-state index contributed by atoms with van der Waals surface area (Å²) in [6.45, 7) is 3.08. The van der Waals surface area contributed by atoms with Gasteiger partial charge in [0.15, 0.2) is 11.6 Å². The van der Waals surface area contributed by atoms with E-state index >= 15 is 0 Å². The lowest BCUT2D eigenvalue weighted by Crippen LogP contribution is -2.38. The number of hydrogen-bond donors (Lipinski definition) is 1. The standard InChI is InChI=1S/C16H20F4N4O/c1-3-11-13(17)14(22-7-21-11)23-12-6-24(5-10(12)16(18,19)20)15(25)9-4-8(9)2/h7-10,12H,3-6H2,1-2H3,(H,21,22,23)/t8-,9-,10+,12+/m0/s1. The van der Waals surface area contributed by atoms with Crippen LogP contribution >= 0.6 is 0 Å². The van der Waals surface area contributed by atoms with Crippen molar-refractivity contribution in [1.82, 2.24) is 14.9 Å². The number of alkyl halides is 3. The zero-order valence-electron chi connectivity index (χ0n) is 14.0. The second-order valence-corrected chi connectivity index (χ2v) is 6.80. The number of aryl methyl sites for hydroxylation is 1. The summed E-state index contributed by atoms with van der Waals surface area (Å²) in [7, 11) is 0. The highest BCUT2D eigenvalue weighted by Crippen LogP contribution is 2.42. The summed E-state index contributed by atoms with van der Waals surface area (Å²) < 4.78 is 54.4. The monoisotopic (exact) mass is 360 g/mol. The molecule has 1 saturated carbocycles. The van der Waals surface area contributed by atoms with Crippen LogP contribution in [0.4, 0.5) is 23.4 Å². The molecule has 0 radical (unpaired) electrons. The van der Waals surface area contributed by atoms with E-state index in [0.29, 0.717) is 12.8 Å². The van der Waals surface area contributed by atoms with Gasteiger partial charge in [-0.3, -0.25) is 4.79 Å². The molecule has 3 rings (SSSR count). The van der Waals surface area contributed by atoms with Crippen molar-refractivity contribution in [3.63, 3.8) is 0 Å². The molecule has 1 aliphatic heterocycles. The van der Waals surface area contributed by atoms with Crippen molar-refractivity contribution >= 4 is 11.7 Å². The summed E-state index contributed by atoms with van der Waals surface area (Å²) in [6.07, 6.45) is -2.35. The Morgan fingerprint density at radius 1 is 1.36 bits per heavy atom. The summed E-state index contributed by atoms with van der Waals surface area (Å²) >= 11 is 0. The number of carbonyl (C=O) groups excluding carboxylic acids is 1. The van der Waals surface area contributed by atoms with Crippen LogP contribution in [-0.4, -0.2) is 46.1 Å². The zero-order chi connectivity index (χ0) is 18.4. The highest BCUT2D eigenvalue weighted by molar-refractivity contribution is 5.82. The fraction of sp³-hybridized carbons (Fsp3) is 0.688. The molecule has 1 aromatic rings. The van der Waals surface area contributed by atoms with Crippen LogP contribution in [0.5, 0.6) is 0 Å². The largest absolute Gasteiger partial charge is 0.395 e. The maximum atomic E-state index is 14.2. The van der Waals surface area contributed by atoms with Crippen molar-refractivity contribution in [2.45, 2.75) is 38.9 Å². The third-order valence-corrected chi connectivity index (χ3v) is 5.00. The lowest BCUT2D eigenvalue weighted by Gasteiger charge is -2.22. The molecule has 1 N–H and O–H groups in total. The molecule has 1 aliphatic carbocycles. The van der Waals surface area contributed by atoms with Gasteiger partial charge < -0.3 is 10.2 Å². The molecule has 2 aliphatic rings. The van der Waals surface area contributed by atoms with Gasteiger partial charge >= 0.3 is 6.18 Å². The Balaban J connectivity index is 1.79. The SMILES string of the molecule is CCc1ncnc(N[C@@H]2CN(C(=O)[C@H]3C[C@@H]3C)C[C@H]2C(F)(F)F)c1F. The number of nitrogens with one attached hydrogen (secondary N) is 1. The van der Waals surface area contributed by atoms with Crippen LogP contribution in [0.3, 0.4) is 0 Å². The third kappa shape index (κ3) is 3.55. The quantitative estimate of drug-likeness (QED) is 0.839. The molecule has 25 heavy (non-hydrogen) atoms. The number of amides is 1. The van der Waals surface area contributed by atoms with E-state index in [1.807, 2.05) is 6.92 Å². The highest BCUT2D eigenvalue weighted by atomic mass is 19.4. The van der Waals surface area contributed by atoms with Crippen LogP contribution in [0.25, 0.3) is 0 Å². The molecule has 5 nitrogen and oxygen atoms in total. The number of nitrogens with zero attached hydrogens (tertiary/aromatic N) is 3. The van der Waals surface area contributed by atoms with Crippen LogP contribution in [0.15, 0.2) is 6.33 Å². The molecule has 138 valence electrons. The Labute approximate surface area is 142 Å². The molecule has 0 aromatic carbocycles. The topological polar surface area (TPSA) is 58.1 Å². The number of anilines is 1. The summed E-state index contributed by atoms with van der Waals surface area (Å²) in [5, 5.41) is 2.56. The molecule has 0 spiro atoms. The van der Waals surface area contributed by atoms with Crippen LogP contribution in [0.2, 0.25) is 0 Å². The molecule has 1 saturated heterocycles. The van der Waals surface area contributed by atoms with Gasteiger partial charge in [0.05, 0.1) is 17.7 Å². The Morgan fingerprint density at radius 2 is 2.04 bits per heavy atom. The fourth-order valence-electron chi connectivity index (χ4n) is 3.29. The Hall–Kier alpha value is -1.93. The van der Waals surface area contributed by atoms with Crippen LogP contribution in [0.1, 0.15) is 26.0 Å². The fourth-order valence-corrected chi connectivity index (χ4v) is 3.29. The van der Waals surface area contributed by atoms with E-state index < -0.39 is 30.5 Å². The van der Waals surface area contributed by atoms with E-state index in [1.165, 1.54) is 4.90 Å². The lowest BCUT2D eigenvalue weighted by molar-refractivity contribution is -0.172. The Bertz CT molecular complexity index is 666. The summed E-state index contributed by atoms with van der Waals surface area (Å²) in [6, 6.07) is -1.13. The van der Waals surface area contributed by atoms with Crippen molar-refractivity contribution < 1.29 is 22.4 Å². The van der Waals surface area contributed by atoms with Gasteiger partial charge in [0.25, 0.3) is 0 Å². The molecular formula is C16H20F4N4O.